The molecule has 128 valence electrons. The zero-order chi connectivity index (χ0) is 18.5. The van der Waals surface area contributed by atoms with Crippen LogP contribution in [0.5, 0.6) is 0 Å². The molecule has 0 radical (unpaired) electrons. The normalized spacial score (nSPS) is 13.8. The number of benzene rings is 3. The van der Waals surface area contributed by atoms with E-state index in [1.54, 1.807) is 18.2 Å². The van der Waals surface area contributed by atoms with Gasteiger partial charge in [0.25, 0.3) is 0 Å². The van der Waals surface area contributed by atoms with Gasteiger partial charge in [-0.1, -0.05) is 66.2 Å². The van der Waals surface area contributed by atoms with Crippen LogP contribution in [-0.4, -0.2) is 12.1 Å². The van der Waals surface area contributed by atoms with Gasteiger partial charge in [-0.2, -0.15) is 0 Å². The second-order valence-corrected chi connectivity index (χ2v) is 8.03. The largest absolute Gasteiger partial charge is 0.298 e. The molecule has 0 atom stereocenters. The SMILES string of the molecule is CC1(C)c2ccccc2-c2ccc(C(=O)c3ccc(Br)cc3C=O)cc21. The lowest BCUT2D eigenvalue weighted by Crippen LogP contribution is -2.16. The molecule has 3 aromatic rings. The molecule has 1 aliphatic carbocycles. The minimum atomic E-state index is -0.157. The number of carbonyl (C=O) groups is 2. The van der Waals surface area contributed by atoms with E-state index in [9.17, 15) is 9.59 Å². The third kappa shape index (κ3) is 2.46. The molecule has 0 amide bonds. The minimum absolute atomic E-state index is 0.130. The molecule has 0 saturated heterocycles. The van der Waals surface area contributed by atoms with Crippen LogP contribution in [-0.2, 0) is 5.41 Å². The molecule has 0 spiro atoms. The highest BCUT2D eigenvalue weighted by molar-refractivity contribution is 9.10. The van der Waals surface area contributed by atoms with E-state index in [2.05, 4.69) is 48.0 Å². The van der Waals surface area contributed by atoms with E-state index in [-0.39, 0.29) is 11.2 Å². The lowest BCUT2D eigenvalue weighted by molar-refractivity contribution is 0.102. The van der Waals surface area contributed by atoms with Gasteiger partial charge in [0.1, 0.15) is 0 Å². The molecule has 3 aromatic carbocycles. The molecule has 0 bridgehead atoms. The summed E-state index contributed by atoms with van der Waals surface area (Å²) < 4.78 is 0.779. The average molecular weight is 405 g/mol. The van der Waals surface area contributed by atoms with E-state index in [1.807, 2.05) is 24.3 Å². The molecule has 0 aliphatic heterocycles. The molecule has 0 unspecified atom stereocenters. The fourth-order valence-corrected chi connectivity index (χ4v) is 4.22. The second-order valence-electron chi connectivity index (χ2n) is 7.11. The second kappa shape index (κ2) is 6.03. The number of hydrogen-bond acceptors (Lipinski definition) is 2. The number of halogens is 1. The number of fused-ring (bicyclic) bond motifs is 3. The predicted molar refractivity (Wildman–Crippen MR) is 107 cm³/mol. The summed E-state index contributed by atoms with van der Waals surface area (Å²) in [4.78, 5) is 24.4. The first-order valence-electron chi connectivity index (χ1n) is 8.47. The number of rotatable bonds is 3. The molecule has 2 nitrogen and oxygen atoms in total. The van der Waals surface area contributed by atoms with Crippen LogP contribution in [0.15, 0.2) is 65.1 Å². The van der Waals surface area contributed by atoms with Gasteiger partial charge in [0.05, 0.1) is 0 Å². The van der Waals surface area contributed by atoms with Gasteiger partial charge >= 0.3 is 0 Å². The maximum Gasteiger partial charge on any atom is 0.193 e. The van der Waals surface area contributed by atoms with Crippen LogP contribution in [0.25, 0.3) is 11.1 Å². The first kappa shape index (κ1) is 16.9. The van der Waals surface area contributed by atoms with Gasteiger partial charge in [-0.15, -0.1) is 0 Å². The smallest absolute Gasteiger partial charge is 0.193 e. The summed E-state index contributed by atoms with van der Waals surface area (Å²) >= 11 is 3.34. The van der Waals surface area contributed by atoms with E-state index in [0.717, 1.165) is 16.3 Å². The molecule has 3 heteroatoms. The zero-order valence-electron chi connectivity index (χ0n) is 14.5. The van der Waals surface area contributed by atoms with Crippen LogP contribution in [0.3, 0.4) is 0 Å². The first-order valence-corrected chi connectivity index (χ1v) is 9.26. The molecule has 0 aromatic heterocycles. The summed E-state index contributed by atoms with van der Waals surface area (Å²) in [6.07, 6.45) is 0.727. The maximum atomic E-state index is 13.0. The Labute approximate surface area is 161 Å². The molecule has 0 N–H and O–H groups in total. The Kier molecular flexibility index (Phi) is 3.92. The topological polar surface area (TPSA) is 34.1 Å². The van der Waals surface area contributed by atoms with Gasteiger partial charge in [-0.25, -0.2) is 0 Å². The number of carbonyl (C=O) groups excluding carboxylic acids is 2. The molecule has 26 heavy (non-hydrogen) atoms. The zero-order valence-corrected chi connectivity index (χ0v) is 16.1. The van der Waals surface area contributed by atoms with Crippen LogP contribution in [0, 0.1) is 0 Å². The highest BCUT2D eigenvalue weighted by Gasteiger charge is 2.35. The van der Waals surface area contributed by atoms with Crippen molar-refractivity contribution in [3.05, 3.63) is 93.0 Å². The van der Waals surface area contributed by atoms with E-state index < -0.39 is 0 Å². The average Bonchev–Trinajstić information content (AvgIpc) is 2.88. The Morgan fingerprint density at radius 3 is 2.42 bits per heavy atom. The van der Waals surface area contributed by atoms with Crippen molar-refractivity contribution in [2.45, 2.75) is 19.3 Å². The summed E-state index contributed by atoms with van der Waals surface area (Å²) in [6.45, 7) is 4.37. The van der Waals surface area contributed by atoms with Crippen molar-refractivity contribution in [2.24, 2.45) is 0 Å². The predicted octanol–water partition coefficient (Wildman–Crippen LogP) is 5.80. The number of hydrogen-bond donors (Lipinski definition) is 0. The van der Waals surface area contributed by atoms with Crippen LogP contribution < -0.4 is 0 Å². The van der Waals surface area contributed by atoms with Gasteiger partial charge in [0, 0.05) is 26.6 Å². The molecule has 1 aliphatic rings. The van der Waals surface area contributed by atoms with Crippen molar-refractivity contribution in [2.75, 3.05) is 0 Å². The lowest BCUT2D eigenvalue weighted by atomic mass is 9.81. The molecule has 0 saturated carbocycles. The third-order valence-electron chi connectivity index (χ3n) is 5.23. The Balaban J connectivity index is 1.84. The minimum Gasteiger partial charge on any atom is -0.298 e. The Morgan fingerprint density at radius 1 is 0.923 bits per heavy atom. The van der Waals surface area contributed by atoms with Crippen LogP contribution >= 0.6 is 15.9 Å². The van der Waals surface area contributed by atoms with Gasteiger partial charge in [-0.05, 0) is 46.5 Å². The van der Waals surface area contributed by atoms with Gasteiger partial charge in [0.15, 0.2) is 12.1 Å². The maximum absolute atomic E-state index is 13.0. The van der Waals surface area contributed by atoms with E-state index in [4.69, 9.17) is 0 Å². The fourth-order valence-electron chi connectivity index (χ4n) is 3.84. The van der Waals surface area contributed by atoms with Crippen molar-refractivity contribution in [1.82, 2.24) is 0 Å². The quantitative estimate of drug-likeness (QED) is 0.408. The summed E-state index contributed by atoms with van der Waals surface area (Å²) in [5.41, 5.74) is 6.09. The molecular formula is C23H17BrO2. The Morgan fingerprint density at radius 2 is 1.65 bits per heavy atom. The third-order valence-corrected chi connectivity index (χ3v) is 5.72. The van der Waals surface area contributed by atoms with Crippen LogP contribution in [0.4, 0.5) is 0 Å². The Hall–Kier alpha value is -2.52. The standard InChI is InChI=1S/C23H17BrO2/c1-23(2)20-6-4-3-5-18(20)19-9-7-14(12-21(19)23)22(26)17-10-8-16(24)11-15(17)13-25/h3-13H,1-2H3. The van der Waals surface area contributed by atoms with Crippen molar-refractivity contribution in [3.63, 3.8) is 0 Å². The van der Waals surface area contributed by atoms with E-state index >= 15 is 0 Å². The summed E-state index contributed by atoms with van der Waals surface area (Å²) in [5, 5.41) is 0. The van der Waals surface area contributed by atoms with Gasteiger partial charge < -0.3 is 0 Å². The molecular weight excluding hydrogens is 388 g/mol. The highest BCUT2D eigenvalue weighted by Crippen LogP contribution is 2.48. The lowest BCUT2D eigenvalue weighted by Gasteiger charge is -2.21. The van der Waals surface area contributed by atoms with Crippen molar-refractivity contribution >= 4 is 28.0 Å². The van der Waals surface area contributed by atoms with Crippen molar-refractivity contribution in [1.29, 1.82) is 0 Å². The fraction of sp³-hybridized carbons (Fsp3) is 0.130. The molecule has 0 fully saturated rings. The molecule has 4 rings (SSSR count). The van der Waals surface area contributed by atoms with Gasteiger partial charge in [-0.3, -0.25) is 9.59 Å². The summed E-state index contributed by atoms with van der Waals surface area (Å²) in [6, 6.07) is 19.4. The van der Waals surface area contributed by atoms with E-state index in [0.29, 0.717) is 16.7 Å². The first-order chi connectivity index (χ1) is 12.4. The highest BCUT2D eigenvalue weighted by atomic mass is 79.9. The number of ketones is 1. The van der Waals surface area contributed by atoms with Crippen molar-refractivity contribution < 1.29 is 9.59 Å². The van der Waals surface area contributed by atoms with Crippen LogP contribution in [0.2, 0.25) is 0 Å². The van der Waals surface area contributed by atoms with Crippen LogP contribution in [0.1, 0.15) is 51.3 Å². The van der Waals surface area contributed by atoms with Crippen molar-refractivity contribution in [3.8, 4) is 11.1 Å². The summed E-state index contributed by atoms with van der Waals surface area (Å²) in [5.74, 6) is -0.130. The Bertz CT molecular complexity index is 1060. The van der Waals surface area contributed by atoms with Gasteiger partial charge in [0.2, 0.25) is 0 Å². The monoisotopic (exact) mass is 404 g/mol. The molecule has 0 heterocycles. The van der Waals surface area contributed by atoms with E-state index in [1.165, 1.54) is 16.7 Å². The summed E-state index contributed by atoms with van der Waals surface area (Å²) in [7, 11) is 0. The number of aldehydes is 1.